The highest BCUT2D eigenvalue weighted by atomic mass is 35.5. The van der Waals surface area contributed by atoms with E-state index in [0.29, 0.717) is 38.5 Å². The molecule has 2 heterocycles. The lowest BCUT2D eigenvalue weighted by atomic mass is 9.99. The maximum atomic E-state index is 13.0. The topological polar surface area (TPSA) is 131 Å². The van der Waals surface area contributed by atoms with E-state index in [9.17, 15) is 25.2 Å². The van der Waals surface area contributed by atoms with Crippen LogP contribution in [0.15, 0.2) is 72.9 Å². The number of halogens is 1. The van der Waals surface area contributed by atoms with Crippen LogP contribution in [0.3, 0.4) is 0 Å². The molecule has 0 saturated carbocycles. The molecule has 1 saturated heterocycles. The second-order valence-corrected chi connectivity index (χ2v) is 9.36. The number of nitrogens with zero attached hydrogens (tertiary/aromatic N) is 1. The highest BCUT2D eigenvalue weighted by Gasteiger charge is 2.45. The van der Waals surface area contributed by atoms with Crippen LogP contribution in [0.5, 0.6) is 11.5 Å². The number of ketones is 1. The number of carbonyl (C=O) groups excluding carboxylic acids is 1. The molecule has 38 heavy (non-hydrogen) atoms. The monoisotopic (exact) mass is 539 g/mol. The van der Waals surface area contributed by atoms with Gasteiger partial charge in [-0.25, -0.2) is 0 Å². The summed E-state index contributed by atoms with van der Waals surface area (Å²) in [4.78, 5) is 13.0. The van der Waals surface area contributed by atoms with Gasteiger partial charge in [-0.05, 0) is 36.4 Å². The Morgan fingerprint density at radius 3 is 2.42 bits per heavy atom. The zero-order chi connectivity index (χ0) is 27.0. The maximum Gasteiger partial charge on any atom is 0.229 e. The van der Waals surface area contributed by atoms with Crippen molar-refractivity contribution >= 4 is 28.3 Å². The summed E-state index contributed by atoms with van der Waals surface area (Å²) in [6.45, 7) is -0.576. The molecule has 5 rings (SSSR count). The number of benzene rings is 3. The third kappa shape index (κ3) is 4.76. The molecule has 5 atom stereocenters. The molecule has 4 N–H and O–H groups in total. The molecule has 3 aromatic carbocycles. The normalized spacial score (nSPS) is 23.4. The van der Waals surface area contributed by atoms with E-state index in [0.717, 1.165) is 0 Å². The maximum absolute atomic E-state index is 13.0. The Morgan fingerprint density at radius 1 is 0.947 bits per heavy atom. The number of hydrogen-bond acceptors (Lipinski definition) is 8. The van der Waals surface area contributed by atoms with Gasteiger partial charge in [0.05, 0.1) is 31.1 Å². The summed E-state index contributed by atoms with van der Waals surface area (Å²) < 4.78 is 18.9. The average Bonchev–Trinajstić information content (AvgIpc) is 3.29. The smallest absolute Gasteiger partial charge is 0.229 e. The molecule has 9 nitrogen and oxygen atoms in total. The predicted molar refractivity (Wildman–Crippen MR) is 139 cm³/mol. The van der Waals surface area contributed by atoms with Crippen LogP contribution in [0.2, 0.25) is 5.02 Å². The molecule has 4 aromatic rings. The lowest BCUT2D eigenvalue weighted by Gasteiger charge is -2.39. The predicted octanol–water partition coefficient (Wildman–Crippen LogP) is 2.70. The van der Waals surface area contributed by atoms with Gasteiger partial charge in [0.25, 0.3) is 0 Å². The molecule has 0 aliphatic carbocycles. The summed E-state index contributed by atoms with van der Waals surface area (Å²) >= 11 is 6.30. The first kappa shape index (κ1) is 26.2. The van der Waals surface area contributed by atoms with Crippen molar-refractivity contribution < 1.29 is 39.4 Å². The highest BCUT2D eigenvalue weighted by molar-refractivity contribution is 6.31. The van der Waals surface area contributed by atoms with Gasteiger partial charge in [0.15, 0.2) is 5.78 Å². The van der Waals surface area contributed by atoms with E-state index in [1.807, 2.05) is 6.07 Å². The number of rotatable bonds is 7. The van der Waals surface area contributed by atoms with Gasteiger partial charge in [-0.1, -0.05) is 41.9 Å². The minimum absolute atomic E-state index is 0.150. The summed E-state index contributed by atoms with van der Waals surface area (Å²) in [6.07, 6.45) is -5.50. The number of aromatic nitrogens is 1. The van der Waals surface area contributed by atoms with Crippen molar-refractivity contribution in [2.75, 3.05) is 13.7 Å². The zero-order valence-corrected chi connectivity index (χ0v) is 21.0. The minimum Gasteiger partial charge on any atom is -0.495 e. The number of aliphatic hydroxyl groups excluding tert-OH is 4. The lowest BCUT2D eigenvalue weighted by Crippen LogP contribution is -2.60. The number of hydrogen-bond donors (Lipinski definition) is 4. The van der Waals surface area contributed by atoms with Crippen LogP contribution in [0.4, 0.5) is 0 Å². The summed E-state index contributed by atoms with van der Waals surface area (Å²) in [5.74, 6) is 0.554. The van der Waals surface area contributed by atoms with Gasteiger partial charge in [-0.15, -0.1) is 0 Å². The van der Waals surface area contributed by atoms with E-state index >= 15 is 0 Å². The van der Waals surface area contributed by atoms with Gasteiger partial charge < -0.3 is 39.2 Å². The van der Waals surface area contributed by atoms with Crippen LogP contribution in [-0.2, 0) is 4.74 Å². The molecular formula is C28H26ClNO8. The lowest BCUT2D eigenvalue weighted by molar-refractivity contribution is -0.277. The van der Waals surface area contributed by atoms with Gasteiger partial charge in [-0.2, -0.15) is 0 Å². The minimum atomic E-state index is -1.58. The Labute approximate surface area is 223 Å². The molecule has 0 spiro atoms. The van der Waals surface area contributed by atoms with Gasteiger partial charge >= 0.3 is 0 Å². The molecule has 1 aromatic heterocycles. The first-order valence-corrected chi connectivity index (χ1v) is 12.3. The number of carbonyl (C=O) groups is 1. The third-order valence-electron chi connectivity index (χ3n) is 6.56. The fourth-order valence-electron chi connectivity index (χ4n) is 4.53. The van der Waals surface area contributed by atoms with Gasteiger partial charge in [0.2, 0.25) is 6.29 Å². The van der Waals surface area contributed by atoms with Crippen LogP contribution in [0.1, 0.15) is 15.9 Å². The van der Waals surface area contributed by atoms with Gasteiger partial charge in [-0.3, -0.25) is 4.79 Å². The Balaban J connectivity index is 1.55. The van der Waals surface area contributed by atoms with Crippen LogP contribution >= 0.6 is 11.6 Å². The summed E-state index contributed by atoms with van der Waals surface area (Å²) in [6, 6.07) is 19.1. The fraction of sp³-hybridized carbons (Fsp3) is 0.250. The van der Waals surface area contributed by atoms with E-state index < -0.39 is 37.3 Å². The summed E-state index contributed by atoms with van der Waals surface area (Å²) in [7, 11) is 1.50. The number of ether oxygens (including phenoxy) is 3. The standard InChI is InChI=1S/C28H26ClNO8/c1-36-21-11-16(24(32)15-5-3-2-4-6-15)7-10-19(21)30-13-22(18-9-8-17(29)12-20(18)30)37-28-27(35)26(34)25(33)23(14-31)38-28/h2-13,23,25-28,31,33-35H,14H2,1H3/t23-,25+,26+,27-,28-/m1/s1. The van der Waals surface area contributed by atoms with E-state index in [1.165, 1.54) is 7.11 Å². The quantitative estimate of drug-likeness (QED) is 0.264. The molecular weight excluding hydrogens is 514 g/mol. The molecule has 198 valence electrons. The van der Waals surface area contributed by atoms with Crippen LogP contribution in [-0.4, -0.2) is 75.2 Å². The number of aliphatic hydroxyl groups is 4. The van der Waals surface area contributed by atoms with Crippen LogP contribution < -0.4 is 9.47 Å². The van der Waals surface area contributed by atoms with Crippen molar-refractivity contribution in [1.82, 2.24) is 4.57 Å². The molecule has 0 amide bonds. The molecule has 10 heteroatoms. The van der Waals surface area contributed by atoms with Crippen molar-refractivity contribution in [2.45, 2.75) is 30.7 Å². The SMILES string of the molecule is COc1cc(C(=O)c2ccccc2)ccc1-n1cc(O[C@@H]2O[C@H](CO)[C@H](O)[C@H](O)[C@H]2O)c2ccc(Cl)cc21. The van der Waals surface area contributed by atoms with Crippen molar-refractivity contribution in [1.29, 1.82) is 0 Å². The molecule has 1 aliphatic heterocycles. The largest absolute Gasteiger partial charge is 0.495 e. The molecule has 1 fully saturated rings. The highest BCUT2D eigenvalue weighted by Crippen LogP contribution is 2.37. The molecule has 0 radical (unpaired) electrons. The van der Waals surface area contributed by atoms with Crippen molar-refractivity contribution in [2.24, 2.45) is 0 Å². The number of fused-ring (bicyclic) bond motifs is 1. The van der Waals surface area contributed by atoms with E-state index in [1.54, 1.807) is 71.4 Å². The summed E-state index contributed by atoms with van der Waals surface area (Å²) in [5, 5.41) is 41.3. The Kier molecular flexibility index (Phi) is 7.40. The van der Waals surface area contributed by atoms with E-state index in [-0.39, 0.29) is 11.5 Å². The fourth-order valence-corrected chi connectivity index (χ4v) is 4.69. The second kappa shape index (κ2) is 10.7. The molecule has 0 unspecified atom stereocenters. The van der Waals surface area contributed by atoms with Crippen molar-refractivity contribution in [3.8, 4) is 17.2 Å². The first-order chi connectivity index (χ1) is 18.3. The number of methoxy groups -OCH3 is 1. The zero-order valence-electron chi connectivity index (χ0n) is 20.3. The first-order valence-electron chi connectivity index (χ1n) is 11.9. The average molecular weight is 540 g/mol. The van der Waals surface area contributed by atoms with Gasteiger partial charge in [0.1, 0.15) is 35.9 Å². The molecule has 0 bridgehead atoms. The summed E-state index contributed by atoms with van der Waals surface area (Å²) in [5.41, 5.74) is 2.23. The van der Waals surface area contributed by atoms with E-state index in [4.69, 9.17) is 25.8 Å². The van der Waals surface area contributed by atoms with Crippen LogP contribution in [0.25, 0.3) is 16.6 Å². The Morgan fingerprint density at radius 2 is 1.71 bits per heavy atom. The van der Waals surface area contributed by atoms with Crippen LogP contribution in [0, 0.1) is 0 Å². The Bertz CT molecular complexity index is 1450. The molecule has 1 aliphatic rings. The Hall–Kier alpha value is -3.44. The third-order valence-corrected chi connectivity index (χ3v) is 6.80. The van der Waals surface area contributed by atoms with Gasteiger partial charge in [0, 0.05) is 21.5 Å². The second-order valence-electron chi connectivity index (χ2n) is 8.92. The van der Waals surface area contributed by atoms with Crippen molar-refractivity contribution in [3.05, 3.63) is 89.1 Å². The van der Waals surface area contributed by atoms with E-state index in [2.05, 4.69) is 0 Å². The van der Waals surface area contributed by atoms with Crippen molar-refractivity contribution in [3.63, 3.8) is 0 Å².